The van der Waals surface area contributed by atoms with E-state index in [1.54, 1.807) is 12.3 Å². The Bertz CT molecular complexity index is 468. The number of Topliss-reactive ketones (excluding diaryl/α,β-unsaturated/α-hetero) is 1. The standard InChI is InChI=1S/C17H25NO2/c1-13(19)16-10-15(7-9-18-16)20-12-14-6-4-5-8-17(2,3)11-14/h7,9-10,14H,4-6,8,11-12H2,1-3H3. The van der Waals surface area contributed by atoms with Gasteiger partial charge in [-0.2, -0.15) is 0 Å². The van der Waals surface area contributed by atoms with Crippen molar-refractivity contribution in [3.05, 3.63) is 24.0 Å². The largest absolute Gasteiger partial charge is 0.493 e. The number of ether oxygens (including phenoxy) is 1. The van der Waals surface area contributed by atoms with Gasteiger partial charge in [0.15, 0.2) is 5.78 Å². The zero-order valence-corrected chi connectivity index (χ0v) is 12.8. The third-order valence-electron chi connectivity index (χ3n) is 4.13. The summed E-state index contributed by atoms with van der Waals surface area (Å²) < 4.78 is 5.89. The van der Waals surface area contributed by atoms with Crippen LogP contribution in [-0.2, 0) is 0 Å². The van der Waals surface area contributed by atoms with E-state index in [9.17, 15) is 4.79 Å². The van der Waals surface area contributed by atoms with E-state index in [0.717, 1.165) is 12.4 Å². The third-order valence-corrected chi connectivity index (χ3v) is 4.13. The Morgan fingerprint density at radius 2 is 2.25 bits per heavy atom. The molecular weight excluding hydrogens is 250 g/mol. The molecular formula is C17H25NO2. The zero-order chi connectivity index (χ0) is 14.6. The smallest absolute Gasteiger partial charge is 0.178 e. The quantitative estimate of drug-likeness (QED) is 0.608. The molecule has 0 radical (unpaired) electrons. The predicted octanol–water partition coefficient (Wildman–Crippen LogP) is 4.27. The van der Waals surface area contributed by atoms with E-state index >= 15 is 0 Å². The molecule has 0 aromatic carbocycles. The summed E-state index contributed by atoms with van der Waals surface area (Å²) >= 11 is 0. The van der Waals surface area contributed by atoms with Gasteiger partial charge in [0.25, 0.3) is 0 Å². The van der Waals surface area contributed by atoms with Gasteiger partial charge in [-0.3, -0.25) is 9.78 Å². The molecule has 2 rings (SSSR count). The van der Waals surface area contributed by atoms with E-state index in [0.29, 0.717) is 17.0 Å². The molecule has 110 valence electrons. The van der Waals surface area contributed by atoms with Crippen LogP contribution in [0.15, 0.2) is 18.3 Å². The van der Waals surface area contributed by atoms with Crippen LogP contribution in [0.2, 0.25) is 0 Å². The maximum absolute atomic E-state index is 11.3. The van der Waals surface area contributed by atoms with Gasteiger partial charge in [0, 0.05) is 19.2 Å². The number of hydrogen-bond donors (Lipinski definition) is 0. The van der Waals surface area contributed by atoms with Crippen molar-refractivity contribution in [2.24, 2.45) is 11.3 Å². The van der Waals surface area contributed by atoms with E-state index in [1.165, 1.54) is 39.0 Å². The molecule has 0 spiro atoms. The molecule has 0 saturated heterocycles. The maximum Gasteiger partial charge on any atom is 0.178 e. The summed E-state index contributed by atoms with van der Waals surface area (Å²) in [5.74, 6) is 1.35. The van der Waals surface area contributed by atoms with E-state index in [4.69, 9.17) is 4.74 Å². The fourth-order valence-corrected chi connectivity index (χ4v) is 3.07. The van der Waals surface area contributed by atoms with Gasteiger partial charge in [-0.25, -0.2) is 0 Å². The first-order chi connectivity index (χ1) is 9.46. The number of pyridine rings is 1. The van der Waals surface area contributed by atoms with Crippen LogP contribution in [0.5, 0.6) is 5.75 Å². The predicted molar refractivity (Wildman–Crippen MR) is 80.1 cm³/mol. The van der Waals surface area contributed by atoms with Crippen molar-refractivity contribution >= 4 is 5.78 Å². The summed E-state index contributed by atoms with van der Waals surface area (Å²) in [5.41, 5.74) is 0.900. The van der Waals surface area contributed by atoms with Crippen LogP contribution in [0.4, 0.5) is 0 Å². The van der Waals surface area contributed by atoms with E-state index in [1.807, 2.05) is 6.07 Å². The van der Waals surface area contributed by atoms with E-state index in [-0.39, 0.29) is 5.78 Å². The molecule has 3 nitrogen and oxygen atoms in total. The first-order valence-electron chi connectivity index (χ1n) is 7.56. The lowest BCUT2D eigenvalue weighted by molar-refractivity contribution is 0.101. The number of hydrogen-bond acceptors (Lipinski definition) is 3. The Morgan fingerprint density at radius 3 is 3.00 bits per heavy atom. The molecule has 1 fully saturated rings. The minimum Gasteiger partial charge on any atom is -0.493 e. The molecule has 20 heavy (non-hydrogen) atoms. The van der Waals surface area contributed by atoms with Crippen molar-refractivity contribution in [2.45, 2.75) is 52.9 Å². The molecule has 1 aromatic rings. The second-order valence-corrected chi connectivity index (χ2v) is 6.72. The maximum atomic E-state index is 11.3. The van der Waals surface area contributed by atoms with Gasteiger partial charge in [-0.15, -0.1) is 0 Å². The molecule has 0 amide bonds. The van der Waals surface area contributed by atoms with Gasteiger partial charge >= 0.3 is 0 Å². The Hall–Kier alpha value is -1.38. The topological polar surface area (TPSA) is 39.2 Å². The fourth-order valence-electron chi connectivity index (χ4n) is 3.07. The van der Waals surface area contributed by atoms with Gasteiger partial charge in [0.1, 0.15) is 11.4 Å². The molecule has 0 N–H and O–H groups in total. The number of rotatable bonds is 4. The molecule has 1 aliphatic rings. The third kappa shape index (κ3) is 4.32. The summed E-state index contributed by atoms with van der Waals surface area (Å²) in [7, 11) is 0. The number of ketones is 1. The van der Waals surface area contributed by atoms with Crippen molar-refractivity contribution in [1.29, 1.82) is 0 Å². The lowest BCUT2D eigenvalue weighted by atomic mass is 9.81. The Kier molecular flexibility index (Phi) is 4.79. The van der Waals surface area contributed by atoms with Crippen LogP contribution in [0, 0.1) is 11.3 Å². The Morgan fingerprint density at radius 1 is 1.45 bits per heavy atom. The van der Waals surface area contributed by atoms with E-state index < -0.39 is 0 Å². The second-order valence-electron chi connectivity index (χ2n) is 6.72. The van der Waals surface area contributed by atoms with E-state index in [2.05, 4.69) is 18.8 Å². The van der Waals surface area contributed by atoms with Gasteiger partial charge < -0.3 is 4.74 Å². The van der Waals surface area contributed by atoms with Gasteiger partial charge in [0.2, 0.25) is 0 Å². The van der Waals surface area contributed by atoms with Crippen LogP contribution in [-0.4, -0.2) is 17.4 Å². The highest BCUT2D eigenvalue weighted by Gasteiger charge is 2.26. The first-order valence-corrected chi connectivity index (χ1v) is 7.56. The van der Waals surface area contributed by atoms with Gasteiger partial charge in [-0.05, 0) is 36.7 Å². The molecule has 0 aliphatic heterocycles. The molecule has 3 heteroatoms. The van der Waals surface area contributed by atoms with Crippen LogP contribution in [0.3, 0.4) is 0 Å². The minimum atomic E-state index is -0.0222. The monoisotopic (exact) mass is 275 g/mol. The van der Waals surface area contributed by atoms with Crippen molar-refractivity contribution in [1.82, 2.24) is 4.98 Å². The number of carbonyl (C=O) groups is 1. The Labute approximate surface area is 121 Å². The van der Waals surface area contributed by atoms with Crippen molar-refractivity contribution in [3.63, 3.8) is 0 Å². The molecule has 1 unspecified atom stereocenters. The van der Waals surface area contributed by atoms with Crippen LogP contribution < -0.4 is 4.74 Å². The molecule has 0 bridgehead atoms. The summed E-state index contributed by atoms with van der Waals surface area (Å²) in [5, 5.41) is 0. The average molecular weight is 275 g/mol. The number of nitrogens with zero attached hydrogens (tertiary/aromatic N) is 1. The highest BCUT2D eigenvalue weighted by Crippen LogP contribution is 2.37. The average Bonchev–Trinajstić information content (AvgIpc) is 2.57. The molecule has 1 saturated carbocycles. The number of aromatic nitrogens is 1. The zero-order valence-electron chi connectivity index (χ0n) is 12.8. The molecule has 1 heterocycles. The number of carbonyl (C=O) groups excluding carboxylic acids is 1. The first kappa shape index (κ1) is 15.0. The molecule has 1 aromatic heterocycles. The fraction of sp³-hybridized carbons (Fsp3) is 0.647. The van der Waals surface area contributed by atoms with Crippen LogP contribution in [0.25, 0.3) is 0 Å². The summed E-state index contributed by atoms with van der Waals surface area (Å²) in [4.78, 5) is 15.4. The highest BCUT2D eigenvalue weighted by atomic mass is 16.5. The second kappa shape index (κ2) is 6.38. The summed E-state index contributed by atoms with van der Waals surface area (Å²) in [6, 6.07) is 3.57. The van der Waals surface area contributed by atoms with Crippen molar-refractivity contribution in [2.75, 3.05) is 6.61 Å². The minimum absolute atomic E-state index is 0.0222. The van der Waals surface area contributed by atoms with Crippen LogP contribution >= 0.6 is 0 Å². The molecule has 1 aliphatic carbocycles. The SMILES string of the molecule is CC(=O)c1cc(OCC2CCCCC(C)(C)C2)ccn1. The van der Waals surface area contributed by atoms with Crippen molar-refractivity contribution in [3.8, 4) is 5.75 Å². The van der Waals surface area contributed by atoms with Crippen LogP contribution in [0.1, 0.15) is 63.4 Å². The lowest BCUT2D eigenvalue weighted by Gasteiger charge is -2.26. The molecule has 1 atom stereocenters. The van der Waals surface area contributed by atoms with Gasteiger partial charge in [0.05, 0.1) is 6.61 Å². The summed E-state index contributed by atoms with van der Waals surface area (Å²) in [6.07, 6.45) is 8.04. The van der Waals surface area contributed by atoms with Gasteiger partial charge in [-0.1, -0.05) is 26.7 Å². The van der Waals surface area contributed by atoms with Crippen molar-refractivity contribution < 1.29 is 9.53 Å². The summed E-state index contributed by atoms with van der Waals surface area (Å²) in [6.45, 7) is 6.97. The lowest BCUT2D eigenvalue weighted by Crippen LogP contribution is -2.19. The Balaban J connectivity index is 1.94. The normalized spacial score (nSPS) is 22.1. The highest BCUT2D eigenvalue weighted by molar-refractivity contribution is 5.92.